The fourth-order valence-electron chi connectivity index (χ4n) is 1.18. The van der Waals surface area contributed by atoms with Crippen LogP contribution in [0.5, 0.6) is 0 Å². The van der Waals surface area contributed by atoms with E-state index in [1.165, 1.54) is 0 Å². The number of hydrogen-bond donors (Lipinski definition) is 1. The minimum absolute atomic E-state index is 0.616. The van der Waals surface area contributed by atoms with Crippen molar-refractivity contribution in [2.24, 2.45) is 0 Å². The van der Waals surface area contributed by atoms with Crippen LogP contribution in [0.2, 0.25) is 0 Å². The van der Waals surface area contributed by atoms with Gasteiger partial charge >= 0.3 is 0 Å². The van der Waals surface area contributed by atoms with Crippen molar-refractivity contribution in [3.8, 4) is 0 Å². The minimum Gasteiger partial charge on any atom is -0.495 e. The summed E-state index contributed by atoms with van der Waals surface area (Å²) < 4.78 is 5.14. The summed E-state index contributed by atoms with van der Waals surface area (Å²) in [6, 6.07) is 10.1. The van der Waals surface area contributed by atoms with E-state index in [0.717, 1.165) is 11.4 Å². The monoisotopic (exact) mass is 173 g/mol. The Morgan fingerprint density at radius 1 is 1.15 bits per heavy atom. The van der Waals surface area contributed by atoms with Crippen molar-refractivity contribution in [1.82, 2.24) is 0 Å². The molecule has 0 bridgehead atoms. The molecule has 0 radical (unpaired) electrons. The number of allylic oxidation sites excluding steroid dienone is 2. The summed E-state index contributed by atoms with van der Waals surface area (Å²) in [4.78, 5) is 0. The van der Waals surface area contributed by atoms with Crippen molar-refractivity contribution < 1.29 is 4.74 Å². The molecule has 1 aliphatic rings. The van der Waals surface area contributed by atoms with Crippen LogP contribution in [-0.4, -0.2) is 6.61 Å². The van der Waals surface area contributed by atoms with E-state index in [0.29, 0.717) is 6.61 Å². The van der Waals surface area contributed by atoms with Crippen LogP contribution in [0.15, 0.2) is 54.4 Å². The molecule has 1 aromatic carbocycles. The fraction of sp³-hybridized carbons (Fsp3) is 0.0909. The van der Waals surface area contributed by atoms with Gasteiger partial charge in [-0.05, 0) is 24.3 Å². The van der Waals surface area contributed by atoms with Crippen molar-refractivity contribution in [2.45, 2.75) is 0 Å². The molecule has 0 saturated heterocycles. The maximum atomic E-state index is 5.14. The van der Waals surface area contributed by atoms with Gasteiger partial charge in [-0.15, -0.1) is 0 Å². The molecule has 0 atom stereocenters. The van der Waals surface area contributed by atoms with Gasteiger partial charge in [0.15, 0.2) is 0 Å². The summed E-state index contributed by atoms with van der Waals surface area (Å²) in [5.74, 6) is 0. The summed E-state index contributed by atoms with van der Waals surface area (Å²) >= 11 is 0. The zero-order chi connectivity index (χ0) is 8.93. The molecule has 0 amide bonds. The lowest BCUT2D eigenvalue weighted by atomic mass is 10.3. The van der Waals surface area contributed by atoms with E-state index < -0.39 is 0 Å². The highest BCUT2D eigenvalue weighted by molar-refractivity contribution is 5.48. The SMILES string of the molecule is C1=COCC(Nc2ccccc2)=C1. The van der Waals surface area contributed by atoms with Crippen molar-refractivity contribution in [3.63, 3.8) is 0 Å². The molecule has 1 aromatic rings. The van der Waals surface area contributed by atoms with Crippen molar-refractivity contribution in [3.05, 3.63) is 54.4 Å². The second-order valence-corrected chi connectivity index (χ2v) is 2.82. The molecule has 2 nitrogen and oxygen atoms in total. The predicted octanol–water partition coefficient (Wildman–Crippen LogP) is 2.53. The summed E-state index contributed by atoms with van der Waals surface area (Å²) in [5, 5.41) is 3.27. The Morgan fingerprint density at radius 2 is 2.00 bits per heavy atom. The number of hydrogen-bond acceptors (Lipinski definition) is 2. The van der Waals surface area contributed by atoms with Crippen LogP contribution in [0, 0.1) is 0 Å². The van der Waals surface area contributed by atoms with E-state index in [1.807, 2.05) is 42.5 Å². The first-order valence-electron chi connectivity index (χ1n) is 4.24. The quantitative estimate of drug-likeness (QED) is 0.742. The molecular weight excluding hydrogens is 162 g/mol. The van der Waals surface area contributed by atoms with Crippen molar-refractivity contribution in [1.29, 1.82) is 0 Å². The summed E-state index contributed by atoms with van der Waals surface area (Å²) in [6.45, 7) is 0.616. The van der Waals surface area contributed by atoms with E-state index in [4.69, 9.17) is 4.74 Å². The number of rotatable bonds is 2. The molecule has 13 heavy (non-hydrogen) atoms. The van der Waals surface area contributed by atoms with Crippen LogP contribution in [0.1, 0.15) is 0 Å². The van der Waals surface area contributed by atoms with Crippen LogP contribution in [0.4, 0.5) is 5.69 Å². The maximum absolute atomic E-state index is 5.14. The Labute approximate surface area is 77.5 Å². The molecule has 0 aromatic heterocycles. The van der Waals surface area contributed by atoms with Gasteiger partial charge in [-0.3, -0.25) is 0 Å². The first-order chi connectivity index (χ1) is 6.45. The molecule has 0 spiro atoms. The topological polar surface area (TPSA) is 21.3 Å². The number of benzene rings is 1. The Kier molecular flexibility index (Phi) is 2.32. The summed E-state index contributed by atoms with van der Waals surface area (Å²) in [5.41, 5.74) is 2.17. The lowest BCUT2D eigenvalue weighted by Gasteiger charge is -2.12. The van der Waals surface area contributed by atoms with Gasteiger partial charge in [0, 0.05) is 5.69 Å². The minimum atomic E-state index is 0.616. The molecule has 0 fully saturated rings. The van der Waals surface area contributed by atoms with Gasteiger partial charge in [0.05, 0.1) is 12.0 Å². The molecule has 0 unspecified atom stereocenters. The van der Waals surface area contributed by atoms with E-state index >= 15 is 0 Å². The molecule has 0 aliphatic carbocycles. The normalized spacial score (nSPS) is 14.6. The number of anilines is 1. The highest BCUT2D eigenvalue weighted by Crippen LogP contribution is 2.10. The van der Waals surface area contributed by atoms with Crippen LogP contribution >= 0.6 is 0 Å². The fourth-order valence-corrected chi connectivity index (χ4v) is 1.18. The Balaban J connectivity index is 2.06. The number of nitrogens with one attached hydrogen (secondary N) is 1. The number of ether oxygens (including phenoxy) is 1. The second kappa shape index (κ2) is 3.81. The van der Waals surface area contributed by atoms with Gasteiger partial charge in [-0.1, -0.05) is 18.2 Å². The van der Waals surface area contributed by atoms with E-state index in [2.05, 4.69) is 5.32 Å². The third-order valence-electron chi connectivity index (χ3n) is 1.79. The number of para-hydroxylation sites is 1. The predicted molar refractivity (Wildman–Crippen MR) is 53.2 cm³/mol. The van der Waals surface area contributed by atoms with Crippen molar-refractivity contribution in [2.75, 3.05) is 11.9 Å². The van der Waals surface area contributed by atoms with Gasteiger partial charge in [0.2, 0.25) is 0 Å². The van der Waals surface area contributed by atoms with Gasteiger partial charge in [0.25, 0.3) is 0 Å². The second-order valence-electron chi connectivity index (χ2n) is 2.82. The van der Waals surface area contributed by atoms with E-state index in [1.54, 1.807) is 6.26 Å². The zero-order valence-corrected chi connectivity index (χ0v) is 7.23. The van der Waals surface area contributed by atoms with Gasteiger partial charge in [-0.25, -0.2) is 0 Å². The van der Waals surface area contributed by atoms with E-state index in [-0.39, 0.29) is 0 Å². The molecule has 1 N–H and O–H groups in total. The lowest BCUT2D eigenvalue weighted by molar-refractivity contribution is 0.277. The van der Waals surface area contributed by atoms with Crippen LogP contribution < -0.4 is 5.32 Å². The molecule has 2 rings (SSSR count). The highest BCUT2D eigenvalue weighted by Gasteiger charge is 1.99. The Hall–Kier alpha value is -1.70. The Bertz CT molecular complexity index is 327. The van der Waals surface area contributed by atoms with Crippen LogP contribution in [-0.2, 0) is 4.74 Å². The average Bonchev–Trinajstić information content (AvgIpc) is 2.21. The van der Waals surface area contributed by atoms with Crippen LogP contribution in [0.3, 0.4) is 0 Å². The van der Waals surface area contributed by atoms with Gasteiger partial charge in [0.1, 0.15) is 6.61 Å². The molecule has 66 valence electrons. The zero-order valence-electron chi connectivity index (χ0n) is 7.23. The van der Waals surface area contributed by atoms with Crippen molar-refractivity contribution >= 4 is 5.69 Å². The molecular formula is C11H11NO. The third-order valence-corrected chi connectivity index (χ3v) is 1.79. The Morgan fingerprint density at radius 3 is 2.69 bits per heavy atom. The molecule has 2 heteroatoms. The smallest absolute Gasteiger partial charge is 0.127 e. The average molecular weight is 173 g/mol. The standard InChI is InChI=1S/C11H11NO/c1-2-5-10(6-3-1)12-11-7-4-8-13-9-11/h1-8,12H,9H2. The molecule has 1 aliphatic heterocycles. The molecule has 0 saturated carbocycles. The summed E-state index contributed by atoms with van der Waals surface area (Å²) in [6.07, 6.45) is 5.58. The third kappa shape index (κ3) is 2.12. The molecule has 1 heterocycles. The van der Waals surface area contributed by atoms with Crippen LogP contribution in [0.25, 0.3) is 0 Å². The summed E-state index contributed by atoms with van der Waals surface area (Å²) in [7, 11) is 0. The first kappa shape index (κ1) is 7.92. The van der Waals surface area contributed by atoms with Gasteiger partial charge < -0.3 is 10.1 Å². The van der Waals surface area contributed by atoms with Gasteiger partial charge in [-0.2, -0.15) is 0 Å². The first-order valence-corrected chi connectivity index (χ1v) is 4.24. The van der Waals surface area contributed by atoms with E-state index in [9.17, 15) is 0 Å². The largest absolute Gasteiger partial charge is 0.495 e. The maximum Gasteiger partial charge on any atom is 0.127 e. The lowest BCUT2D eigenvalue weighted by Crippen LogP contribution is -2.07. The highest BCUT2D eigenvalue weighted by atomic mass is 16.5.